The Hall–Kier alpha value is 0.180. The van der Waals surface area contributed by atoms with Gasteiger partial charge in [0.1, 0.15) is 5.37 Å². The Morgan fingerprint density at radius 2 is 2.15 bits per heavy atom. The van der Waals surface area contributed by atoms with Gasteiger partial charge in [-0.25, -0.2) is 8.42 Å². The highest BCUT2D eigenvalue weighted by atomic mass is 32.2. The minimum Gasteiger partial charge on any atom is -0.383 e. The Labute approximate surface area is 127 Å². The van der Waals surface area contributed by atoms with E-state index >= 15 is 0 Å². The third kappa shape index (κ3) is 3.50. The van der Waals surface area contributed by atoms with E-state index in [4.69, 9.17) is 10.5 Å². The van der Waals surface area contributed by atoms with E-state index in [-0.39, 0.29) is 11.7 Å². The van der Waals surface area contributed by atoms with Crippen LogP contribution in [-0.4, -0.2) is 68.3 Å². The van der Waals surface area contributed by atoms with Crippen molar-refractivity contribution >= 4 is 21.6 Å². The summed E-state index contributed by atoms with van der Waals surface area (Å²) in [6.45, 7) is 7.49. The molecular formula is C13H28N2O3S2. The molecule has 0 aliphatic carbocycles. The summed E-state index contributed by atoms with van der Waals surface area (Å²) in [7, 11) is -1.47. The van der Waals surface area contributed by atoms with Gasteiger partial charge in [-0.15, -0.1) is 0 Å². The molecule has 0 radical (unpaired) electrons. The summed E-state index contributed by atoms with van der Waals surface area (Å²) < 4.78 is 30.2. The van der Waals surface area contributed by atoms with Crippen molar-refractivity contribution in [3.63, 3.8) is 0 Å². The maximum absolute atomic E-state index is 12.4. The van der Waals surface area contributed by atoms with Gasteiger partial charge >= 0.3 is 0 Å². The molecular weight excluding hydrogens is 296 g/mol. The molecule has 0 aromatic heterocycles. The topological polar surface area (TPSA) is 72.6 Å². The summed E-state index contributed by atoms with van der Waals surface area (Å²) in [6, 6.07) is 0. The van der Waals surface area contributed by atoms with Crippen LogP contribution in [0.15, 0.2) is 0 Å². The molecule has 20 heavy (non-hydrogen) atoms. The van der Waals surface area contributed by atoms with Crippen LogP contribution in [0.5, 0.6) is 0 Å². The SMILES string of the molecule is CCS(=O)(=O)C1CSCCN1C(CN)(COC)C(C)C. The van der Waals surface area contributed by atoms with Gasteiger partial charge in [-0.05, 0) is 5.92 Å². The Morgan fingerprint density at radius 3 is 2.60 bits per heavy atom. The molecule has 0 aromatic rings. The Bertz CT molecular complexity index is 400. The van der Waals surface area contributed by atoms with Gasteiger partial charge in [0.2, 0.25) is 0 Å². The fourth-order valence-electron chi connectivity index (χ4n) is 2.82. The molecule has 1 aliphatic rings. The minimum absolute atomic E-state index is 0.167. The lowest BCUT2D eigenvalue weighted by Gasteiger charge is -2.50. The average molecular weight is 325 g/mol. The third-order valence-corrected chi connectivity index (χ3v) is 7.58. The molecule has 0 saturated carbocycles. The van der Waals surface area contributed by atoms with E-state index in [1.807, 2.05) is 0 Å². The summed E-state index contributed by atoms with van der Waals surface area (Å²) in [5.74, 6) is 1.95. The first-order valence-electron chi connectivity index (χ1n) is 7.10. The average Bonchev–Trinajstić information content (AvgIpc) is 2.44. The normalized spacial score (nSPS) is 24.8. The van der Waals surface area contributed by atoms with Crippen molar-refractivity contribution in [3.8, 4) is 0 Å². The minimum atomic E-state index is -3.12. The summed E-state index contributed by atoms with van der Waals surface area (Å²) in [5.41, 5.74) is 5.64. The second-order valence-corrected chi connectivity index (χ2v) is 9.17. The maximum Gasteiger partial charge on any atom is 0.166 e. The van der Waals surface area contributed by atoms with Crippen LogP contribution in [0, 0.1) is 5.92 Å². The van der Waals surface area contributed by atoms with Gasteiger partial charge in [-0.3, -0.25) is 4.90 Å². The molecule has 1 rings (SSSR count). The van der Waals surface area contributed by atoms with Crippen LogP contribution in [0.1, 0.15) is 20.8 Å². The van der Waals surface area contributed by atoms with Gasteiger partial charge < -0.3 is 10.5 Å². The first-order valence-corrected chi connectivity index (χ1v) is 9.97. The van der Waals surface area contributed by atoms with Crippen LogP contribution < -0.4 is 5.73 Å². The largest absolute Gasteiger partial charge is 0.383 e. The zero-order chi connectivity index (χ0) is 15.4. The lowest BCUT2D eigenvalue weighted by molar-refractivity contribution is -0.0190. The van der Waals surface area contributed by atoms with Gasteiger partial charge in [0.05, 0.1) is 12.1 Å². The molecule has 120 valence electrons. The standard InChI is InChI=1S/C13H28N2O3S2/c1-5-20(16,17)12-8-19-7-6-15(12)13(9-14,10-18-4)11(2)3/h11-12H,5-10,14H2,1-4H3. The van der Waals surface area contributed by atoms with Crippen molar-refractivity contribution in [1.29, 1.82) is 0 Å². The zero-order valence-electron chi connectivity index (χ0n) is 13.0. The highest BCUT2D eigenvalue weighted by Gasteiger charge is 2.46. The van der Waals surface area contributed by atoms with E-state index in [1.54, 1.807) is 25.8 Å². The molecule has 1 heterocycles. The molecule has 1 saturated heterocycles. The number of rotatable bonds is 7. The summed E-state index contributed by atoms with van der Waals surface area (Å²) in [5, 5.41) is -0.452. The van der Waals surface area contributed by atoms with E-state index in [0.29, 0.717) is 18.9 Å². The number of ether oxygens (including phenoxy) is 1. The fraction of sp³-hybridized carbons (Fsp3) is 1.00. The third-order valence-electron chi connectivity index (χ3n) is 4.30. The molecule has 0 bridgehead atoms. The molecule has 1 fully saturated rings. The second kappa shape index (κ2) is 7.45. The lowest BCUT2D eigenvalue weighted by Crippen LogP contribution is -2.67. The van der Waals surface area contributed by atoms with Gasteiger partial charge in [0.25, 0.3) is 0 Å². The summed E-state index contributed by atoms with van der Waals surface area (Å²) >= 11 is 1.70. The van der Waals surface area contributed by atoms with Gasteiger partial charge in [0, 0.05) is 37.5 Å². The Balaban J connectivity index is 3.20. The van der Waals surface area contributed by atoms with E-state index in [0.717, 1.165) is 12.3 Å². The van der Waals surface area contributed by atoms with E-state index < -0.39 is 20.8 Å². The second-order valence-electron chi connectivity index (χ2n) is 5.57. The number of nitrogens with zero attached hydrogens (tertiary/aromatic N) is 1. The van der Waals surface area contributed by atoms with Crippen LogP contribution in [0.25, 0.3) is 0 Å². The van der Waals surface area contributed by atoms with Crippen molar-refractivity contribution < 1.29 is 13.2 Å². The first-order chi connectivity index (χ1) is 9.35. The molecule has 0 spiro atoms. The quantitative estimate of drug-likeness (QED) is 0.747. The fourth-order valence-corrected chi connectivity index (χ4v) is 5.90. The van der Waals surface area contributed by atoms with Gasteiger partial charge in [0.15, 0.2) is 9.84 Å². The smallest absolute Gasteiger partial charge is 0.166 e. The van der Waals surface area contributed by atoms with Gasteiger partial charge in [-0.2, -0.15) is 11.8 Å². The van der Waals surface area contributed by atoms with Crippen molar-refractivity contribution in [2.75, 3.05) is 44.1 Å². The number of thioether (sulfide) groups is 1. The van der Waals surface area contributed by atoms with Gasteiger partial charge in [-0.1, -0.05) is 20.8 Å². The number of nitrogens with two attached hydrogens (primary N) is 1. The highest BCUT2D eigenvalue weighted by Crippen LogP contribution is 2.33. The van der Waals surface area contributed by atoms with Crippen molar-refractivity contribution in [2.45, 2.75) is 31.7 Å². The number of sulfone groups is 1. The molecule has 2 atom stereocenters. The first kappa shape index (κ1) is 18.2. The predicted octanol–water partition coefficient (Wildman–Crippen LogP) is 0.796. The monoisotopic (exact) mass is 324 g/mol. The molecule has 5 nitrogen and oxygen atoms in total. The molecule has 2 unspecified atom stereocenters. The molecule has 2 N–H and O–H groups in total. The summed E-state index contributed by atoms with van der Waals surface area (Å²) in [4.78, 5) is 2.09. The van der Waals surface area contributed by atoms with Crippen LogP contribution >= 0.6 is 11.8 Å². The molecule has 1 aliphatic heterocycles. The zero-order valence-corrected chi connectivity index (χ0v) is 14.6. The summed E-state index contributed by atoms with van der Waals surface area (Å²) in [6.07, 6.45) is 0. The Morgan fingerprint density at radius 1 is 1.50 bits per heavy atom. The van der Waals surface area contributed by atoms with Crippen LogP contribution in [0.2, 0.25) is 0 Å². The highest BCUT2D eigenvalue weighted by molar-refractivity contribution is 8.01. The van der Waals surface area contributed by atoms with E-state index in [9.17, 15) is 8.42 Å². The number of hydrogen-bond donors (Lipinski definition) is 1. The molecule has 0 aromatic carbocycles. The molecule has 0 amide bonds. The maximum atomic E-state index is 12.4. The van der Waals surface area contributed by atoms with Crippen molar-refractivity contribution in [2.24, 2.45) is 11.7 Å². The predicted molar refractivity (Wildman–Crippen MR) is 85.8 cm³/mol. The van der Waals surface area contributed by atoms with E-state index in [1.165, 1.54) is 0 Å². The lowest BCUT2D eigenvalue weighted by atomic mass is 9.85. The van der Waals surface area contributed by atoms with Crippen LogP contribution in [-0.2, 0) is 14.6 Å². The molecule has 7 heteroatoms. The number of hydrogen-bond acceptors (Lipinski definition) is 6. The Kier molecular flexibility index (Phi) is 6.79. The van der Waals surface area contributed by atoms with E-state index in [2.05, 4.69) is 18.7 Å². The van der Waals surface area contributed by atoms with Crippen LogP contribution in [0.3, 0.4) is 0 Å². The number of methoxy groups -OCH3 is 1. The van der Waals surface area contributed by atoms with Crippen LogP contribution in [0.4, 0.5) is 0 Å². The van der Waals surface area contributed by atoms with Crippen molar-refractivity contribution in [1.82, 2.24) is 4.90 Å². The van der Waals surface area contributed by atoms with Crippen molar-refractivity contribution in [3.05, 3.63) is 0 Å².